The second kappa shape index (κ2) is 12.0. The highest BCUT2D eigenvalue weighted by molar-refractivity contribution is 5.85. The number of nitrogens with zero attached hydrogens (tertiary/aromatic N) is 4. The maximum absolute atomic E-state index is 13.9. The van der Waals surface area contributed by atoms with E-state index in [1.54, 1.807) is 24.3 Å². The number of carboxylic acids is 1. The van der Waals surface area contributed by atoms with E-state index in [0.717, 1.165) is 64.2 Å². The molecule has 0 aliphatic heterocycles. The predicted octanol–water partition coefficient (Wildman–Crippen LogP) is 4.62. The summed E-state index contributed by atoms with van der Waals surface area (Å²) < 4.78 is 13.9. The van der Waals surface area contributed by atoms with Crippen molar-refractivity contribution in [2.75, 3.05) is 19.0 Å². The molecular formula is C30H35FN4O4. The second-order valence-electron chi connectivity index (χ2n) is 10.5. The number of carboxylic acid groups (broad SMARTS) is 1. The van der Waals surface area contributed by atoms with Gasteiger partial charge in [0, 0.05) is 37.8 Å². The van der Waals surface area contributed by atoms with Gasteiger partial charge >= 0.3 is 5.97 Å². The molecule has 4 rings (SSSR count). The fourth-order valence-electron chi connectivity index (χ4n) is 4.97. The third-order valence-corrected chi connectivity index (χ3v) is 6.80. The lowest BCUT2D eigenvalue weighted by atomic mass is 9.87. The smallest absolute Gasteiger partial charge is 0.305 e. The van der Waals surface area contributed by atoms with Gasteiger partial charge in [-0.2, -0.15) is 0 Å². The number of halogens is 1. The molecular weight excluding hydrogens is 499 g/mol. The first-order valence-corrected chi connectivity index (χ1v) is 13.2. The summed E-state index contributed by atoms with van der Waals surface area (Å²) in [6.07, 6.45) is 4.73. The SMILES string of the molecule is CC(C)c1nc2c(c(-c3ccc(F)cc3)c1/C=C/[C@@H](O)C[C@@H](O)CC(=O)O)CCCc1nc(N(C)C)ncc1-2. The lowest BCUT2D eigenvalue weighted by Gasteiger charge is -2.22. The molecule has 2 atom stereocenters. The van der Waals surface area contributed by atoms with Crippen molar-refractivity contribution in [3.63, 3.8) is 0 Å². The highest BCUT2D eigenvalue weighted by atomic mass is 19.1. The van der Waals surface area contributed by atoms with Gasteiger partial charge in [-0.15, -0.1) is 0 Å². The quantitative estimate of drug-likeness (QED) is 0.364. The second-order valence-corrected chi connectivity index (χ2v) is 10.5. The van der Waals surface area contributed by atoms with Gasteiger partial charge in [0.15, 0.2) is 0 Å². The summed E-state index contributed by atoms with van der Waals surface area (Å²) in [6.45, 7) is 4.08. The molecule has 0 amide bonds. The van der Waals surface area contributed by atoms with Gasteiger partial charge in [0.05, 0.1) is 35.7 Å². The van der Waals surface area contributed by atoms with Crippen LogP contribution in [0.2, 0.25) is 0 Å². The Balaban J connectivity index is 1.91. The molecule has 8 nitrogen and oxygen atoms in total. The number of anilines is 1. The molecule has 39 heavy (non-hydrogen) atoms. The minimum atomic E-state index is -1.17. The van der Waals surface area contributed by atoms with E-state index in [4.69, 9.17) is 15.1 Å². The number of aromatic nitrogens is 3. The first-order chi connectivity index (χ1) is 18.5. The number of rotatable bonds is 9. The van der Waals surface area contributed by atoms with Gasteiger partial charge in [0.1, 0.15) is 5.82 Å². The molecule has 9 heteroatoms. The van der Waals surface area contributed by atoms with E-state index >= 15 is 0 Å². The van der Waals surface area contributed by atoms with Crippen LogP contribution in [0.3, 0.4) is 0 Å². The molecule has 0 bridgehead atoms. The van der Waals surface area contributed by atoms with Crippen LogP contribution in [-0.2, 0) is 17.6 Å². The number of carbonyl (C=O) groups is 1. The molecule has 0 saturated heterocycles. The molecule has 206 valence electrons. The topological polar surface area (TPSA) is 120 Å². The summed E-state index contributed by atoms with van der Waals surface area (Å²) in [5, 5.41) is 29.5. The lowest BCUT2D eigenvalue weighted by molar-refractivity contribution is -0.139. The van der Waals surface area contributed by atoms with Gasteiger partial charge in [0.25, 0.3) is 0 Å². The van der Waals surface area contributed by atoms with Crippen molar-refractivity contribution in [2.24, 2.45) is 0 Å². The fraction of sp³-hybridized carbons (Fsp3) is 0.400. The minimum absolute atomic E-state index is 0.0116. The third kappa shape index (κ3) is 6.49. The van der Waals surface area contributed by atoms with E-state index in [1.807, 2.05) is 39.0 Å². The number of pyridine rings is 1. The van der Waals surface area contributed by atoms with Crippen LogP contribution < -0.4 is 4.90 Å². The normalized spacial score (nSPS) is 14.6. The Morgan fingerprint density at radius 1 is 1.13 bits per heavy atom. The van der Waals surface area contributed by atoms with Gasteiger partial charge in [0.2, 0.25) is 5.95 Å². The van der Waals surface area contributed by atoms with Crippen LogP contribution in [0.5, 0.6) is 0 Å². The van der Waals surface area contributed by atoms with Crippen LogP contribution in [-0.4, -0.2) is 62.5 Å². The standard InChI is InChI=1S/C30H35FN4O4/c1-17(2)28-23(13-12-20(36)14-21(37)15-26(38)39)27(18-8-10-19(31)11-9-18)22-6-5-7-25-24(29(22)34-28)16-32-30(33-25)35(3)4/h8-13,16-17,20-21,36-37H,5-7,14-15H2,1-4H3,(H,38,39)/b13-12+/t20-,21-/m1/s1. The first-order valence-electron chi connectivity index (χ1n) is 13.2. The Hall–Kier alpha value is -3.69. The number of hydrogen-bond acceptors (Lipinski definition) is 7. The number of aliphatic hydroxyl groups excluding tert-OH is 2. The van der Waals surface area contributed by atoms with E-state index in [2.05, 4.69) is 4.98 Å². The predicted molar refractivity (Wildman–Crippen MR) is 149 cm³/mol. The van der Waals surface area contributed by atoms with Crippen LogP contribution in [0.4, 0.5) is 10.3 Å². The zero-order chi connectivity index (χ0) is 28.3. The van der Waals surface area contributed by atoms with Crippen molar-refractivity contribution < 1.29 is 24.5 Å². The Bertz CT molecular complexity index is 1370. The van der Waals surface area contributed by atoms with Gasteiger partial charge in [-0.1, -0.05) is 38.1 Å². The number of fused-ring (bicyclic) bond motifs is 3. The summed E-state index contributed by atoms with van der Waals surface area (Å²) in [4.78, 5) is 27.3. The van der Waals surface area contributed by atoms with E-state index in [0.29, 0.717) is 5.95 Å². The molecule has 2 aromatic heterocycles. The van der Waals surface area contributed by atoms with Crippen molar-refractivity contribution in [3.8, 4) is 22.4 Å². The zero-order valence-corrected chi connectivity index (χ0v) is 22.7. The Kier molecular flexibility index (Phi) is 8.72. The molecule has 0 spiro atoms. The maximum atomic E-state index is 13.9. The highest BCUT2D eigenvalue weighted by Crippen LogP contribution is 2.41. The van der Waals surface area contributed by atoms with Crippen LogP contribution in [0, 0.1) is 5.82 Å². The molecule has 1 aliphatic carbocycles. The molecule has 3 aromatic rings. The van der Waals surface area contributed by atoms with E-state index < -0.39 is 24.6 Å². The van der Waals surface area contributed by atoms with E-state index in [1.165, 1.54) is 12.1 Å². The van der Waals surface area contributed by atoms with Crippen molar-refractivity contribution in [1.29, 1.82) is 0 Å². The highest BCUT2D eigenvalue weighted by Gasteiger charge is 2.26. The molecule has 0 saturated carbocycles. The summed E-state index contributed by atoms with van der Waals surface area (Å²) in [7, 11) is 3.81. The van der Waals surface area contributed by atoms with Crippen LogP contribution in [0.25, 0.3) is 28.5 Å². The van der Waals surface area contributed by atoms with Crippen LogP contribution in [0.15, 0.2) is 36.5 Å². The van der Waals surface area contributed by atoms with Crippen molar-refractivity contribution >= 4 is 18.0 Å². The molecule has 0 radical (unpaired) electrons. The minimum Gasteiger partial charge on any atom is -0.481 e. The van der Waals surface area contributed by atoms with E-state index in [-0.39, 0.29) is 18.2 Å². The lowest BCUT2D eigenvalue weighted by Crippen LogP contribution is -2.19. The van der Waals surface area contributed by atoms with Crippen LogP contribution in [0.1, 0.15) is 61.5 Å². The average molecular weight is 535 g/mol. The molecule has 0 fully saturated rings. The number of aryl methyl sites for hydroxylation is 1. The number of benzene rings is 1. The van der Waals surface area contributed by atoms with Gasteiger partial charge < -0.3 is 20.2 Å². The fourth-order valence-corrected chi connectivity index (χ4v) is 4.97. The van der Waals surface area contributed by atoms with E-state index in [9.17, 15) is 19.4 Å². The van der Waals surface area contributed by atoms with Gasteiger partial charge in [-0.25, -0.2) is 14.4 Å². The van der Waals surface area contributed by atoms with Gasteiger partial charge in [-0.05, 0) is 54.0 Å². The molecule has 0 unspecified atom stereocenters. The number of aliphatic carboxylic acids is 1. The summed E-state index contributed by atoms with van der Waals surface area (Å²) in [5.41, 5.74) is 6.96. The number of hydrogen-bond donors (Lipinski definition) is 3. The molecule has 3 N–H and O–H groups in total. The average Bonchev–Trinajstić information content (AvgIpc) is 3.05. The van der Waals surface area contributed by atoms with Gasteiger partial charge in [-0.3, -0.25) is 9.78 Å². The summed E-state index contributed by atoms with van der Waals surface area (Å²) >= 11 is 0. The first kappa shape index (κ1) is 28.3. The third-order valence-electron chi connectivity index (χ3n) is 6.80. The maximum Gasteiger partial charge on any atom is 0.305 e. The Morgan fingerprint density at radius 2 is 1.85 bits per heavy atom. The monoisotopic (exact) mass is 534 g/mol. The molecule has 1 aromatic carbocycles. The summed E-state index contributed by atoms with van der Waals surface area (Å²) in [6, 6.07) is 6.35. The zero-order valence-electron chi connectivity index (χ0n) is 22.7. The van der Waals surface area contributed by atoms with Crippen molar-refractivity contribution in [3.05, 3.63) is 64.9 Å². The molecule has 1 aliphatic rings. The van der Waals surface area contributed by atoms with Crippen molar-refractivity contribution in [2.45, 2.75) is 64.1 Å². The Morgan fingerprint density at radius 3 is 2.49 bits per heavy atom. The number of aliphatic hydroxyl groups is 2. The Labute approximate surface area is 227 Å². The largest absolute Gasteiger partial charge is 0.481 e. The molecule has 2 heterocycles. The van der Waals surface area contributed by atoms with Crippen LogP contribution >= 0.6 is 0 Å². The summed E-state index contributed by atoms with van der Waals surface area (Å²) in [5.74, 6) is -0.814. The van der Waals surface area contributed by atoms with Crippen molar-refractivity contribution in [1.82, 2.24) is 15.0 Å².